The van der Waals surface area contributed by atoms with Crippen LogP contribution < -0.4 is 15.8 Å². The molecule has 0 radical (unpaired) electrons. The molecule has 7 nitrogen and oxygen atoms in total. The minimum Gasteiger partial charge on any atom is -0.396 e. The Morgan fingerprint density at radius 2 is 2.23 bits per heavy atom. The van der Waals surface area contributed by atoms with Crippen molar-refractivity contribution in [3.05, 3.63) is 52.6 Å². The van der Waals surface area contributed by atoms with E-state index in [9.17, 15) is 9.90 Å². The van der Waals surface area contributed by atoms with Gasteiger partial charge in [-0.15, -0.1) is 0 Å². The number of anilines is 3. The van der Waals surface area contributed by atoms with Crippen molar-refractivity contribution >= 4 is 28.2 Å². The fourth-order valence-electron chi connectivity index (χ4n) is 3.40. The van der Waals surface area contributed by atoms with E-state index in [1.165, 1.54) is 0 Å². The highest BCUT2D eigenvalue weighted by Crippen LogP contribution is 2.30. The number of hydrogen-bond donors (Lipinski definition) is 3. The molecule has 0 spiro atoms. The second kappa shape index (κ2) is 6.76. The van der Waals surface area contributed by atoms with Crippen molar-refractivity contribution in [2.75, 3.05) is 29.9 Å². The molecular formula is C19H21N5O2. The minimum atomic E-state index is -0.155. The van der Waals surface area contributed by atoms with E-state index < -0.39 is 0 Å². The lowest BCUT2D eigenvalue weighted by Crippen LogP contribution is -2.24. The van der Waals surface area contributed by atoms with Gasteiger partial charge >= 0.3 is 0 Å². The quantitative estimate of drug-likeness (QED) is 0.667. The Labute approximate surface area is 150 Å². The van der Waals surface area contributed by atoms with E-state index in [2.05, 4.69) is 20.2 Å². The molecule has 3 aromatic rings. The van der Waals surface area contributed by atoms with Crippen molar-refractivity contribution in [3.8, 4) is 0 Å². The van der Waals surface area contributed by atoms with Gasteiger partial charge in [-0.3, -0.25) is 4.79 Å². The van der Waals surface area contributed by atoms with Crippen LogP contribution in [0.3, 0.4) is 0 Å². The number of nitrogens with one attached hydrogen (secondary N) is 2. The zero-order valence-corrected chi connectivity index (χ0v) is 14.6. The van der Waals surface area contributed by atoms with Crippen LogP contribution in [0.2, 0.25) is 0 Å². The summed E-state index contributed by atoms with van der Waals surface area (Å²) in [5.74, 6) is 2.21. The van der Waals surface area contributed by atoms with E-state index in [0.717, 1.165) is 23.9 Å². The van der Waals surface area contributed by atoms with E-state index in [1.54, 1.807) is 12.4 Å². The van der Waals surface area contributed by atoms with Gasteiger partial charge in [0.25, 0.3) is 5.56 Å². The molecule has 1 atom stereocenters. The molecule has 0 saturated carbocycles. The van der Waals surface area contributed by atoms with Crippen LogP contribution in [0.1, 0.15) is 12.0 Å². The Hall–Kier alpha value is -2.93. The molecule has 26 heavy (non-hydrogen) atoms. The number of rotatable bonds is 4. The first-order chi connectivity index (χ1) is 12.6. The third-order valence-corrected chi connectivity index (χ3v) is 4.75. The van der Waals surface area contributed by atoms with E-state index >= 15 is 0 Å². The van der Waals surface area contributed by atoms with Crippen molar-refractivity contribution in [3.63, 3.8) is 0 Å². The fourth-order valence-corrected chi connectivity index (χ4v) is 3.40. The minimum absolute atomic E-state index is 0.149. The van der Waals surface area contributed by atoms with Gasteiger partial charge in [0.1, 0.15) is 17.5 Å². The largest absolute Gasteiger partial charge is 0.396 e. The first kappa shape index (κ1) is 16.5. The summed E-state index contributed by atoms with van der Waals surface area (Å²) in [5.41, 5.74) is 0.947. The summed E-state index contributed by atoms with van der Waals surface area (Å²) in [4.78, 5) is 26.3. The molecular weight excluding hydrogens is 330 g/mol. The zero-order chi connectivity index (χ0) is 18.1. The molecule has 0 bridgehead atoms. The highest BCUT2D eigenvalue weighted by Gasteiger charge is 2.25. The van der Waals surface area contributed by atoms with Gasteiger partial charge in [-0.05, 0) is 48.6 Å². The predicted octanol–water partition coefficient (Wildman–Crippen LogP) is 2.19. The number of fused-ring (bicyclic) bond motifs is 1. The highest BCUT2D eigenvalue weighted by molar-refractivity contribution is 5.93. The van der Waals surface area contributed by atoms with Crippen LogP contribution in [0, 0.1) is 12.8 Å². The van der Waals surface area contributed by atoms with E-state index in [1.807, 2.05) is 31.2 Å². The second-order valence-electron chi connectivity index (χ2n) is 6.73. The smallest absolute Gasteiger partial charge is 0.259 e. The molecule has 0 amide bonds. The lowest BCUT2D eigenvalue weighted by Gasteiger charge is -2.20. The monoisotopic (exact) mass is 351 g/mol. The lowest BCUT2D eigenvalue weighted by atomic mass is 10.1. The fraction of sp³-hybridized carbons (Fsp3) is 0.316. The van der Waals surface area contributed by atoms with Crippen molar-refractivity contribution in [2.24, 2.45) is 5.92 Å². The molecule has 3 N–H and O–H groups in total. The molecule has 3 aromatic heterocycles. The topological polar surface area (TPSA) is 94.1 Å². The van der Waals surface area contributed by atoms with Crippen molar-refractivity contribution in [1.82, 2.24) is 15.0 Å². The highest BCUT2D eigenvalue weighted by atomic mass is 16.3. The number of H-pyrrole nitrogens is 1. The maximum absolute atomic E-state index is 12.4. The average Bonchev–Trinajstić information content (AvgIpc) is 3.10. The number of aliphatic hydroxyl groups excluding tert-OH is 1. The average molecular weight is 351 g/mol. The Balaban J connectivity index is 1.79. The molecule has 4 heterocycles. The van der Waals surface area contributed by atoms with Gasteiger partial charge in [-0.1, -0.05) is 0 Å². The normalized spacial score (nSPS) is 17.0. The maximum atomic E-state index is 12.4. The van der Waals surface area contributed by atoms with Crippen molar-refractivity contribution < 1.29 is 5.11 Å². The van der Waals surface area contributed by atoms with Crippen molar-refractivity contribution in [2.45, 2.75) is 13.3 Å². The van der Waals surface area contributed by atoms with Crippen LogP contribution in [0.25, 0.3) is 10.8 Å². The number of aromatic nitrogens is 3. The third-order valence-electron chi connectivity index (χ3n) is 4.75. The number of hydrogen-bond acceptors (Lipinski definition) is 6. The number of aryl methyl sites for hydroxylation is 1. The third kappa shape index (κ3) is 3.13. The first-order valence-electron chi connectivity index (χ1n) is 8.72. The van der Waals surface area contributed by atoms with Gasteiger partial charge in [-0.25, -0.2) is 9.97 Å². The standard InChI is InChI=1S/C19H21N5O2/c1-12-2-5-20-15(8-12)22-16-9-14-3-6-21-19(26)17(14)18(23-16)24-7-4-13(10-24)11-25/h2-3,5-6,8-9,13,25H,4,7,10-11H2,1H3,(H,21,26)(H,20,22,23). The summed E-state index contributed by atoms with van der Waals surface area (Å²) in [6, 6.07) is 7.61. The lowest BCUT2D eigenvalue weighted by molar-refractivity contribution is 0.238. The summed E-state index contributed by atoms with van der Waals surface area (Å²) in [6.45, 7) is 3.62. The molecule has 4 rings (SSSR count). The van der Waals surface area contributed by atoms with Gasteiger partial charge < -0.3 is 20.3 Å². The summed E-state index contributed by atoms with van der Waals surface area (Å²) < 4.78 is 0. The van der Waals surface area contributed by atoms with Crippen LogP contribution in [0.4, 0.5) is 17.5 Å². The van der Waals surface area contributed by atoms with Gasteiger partial charge in [0.2, 0.25) is 0 Å². The predicted molar refractivity (Wildman–Crippen MR) is 102 cm³/mol. The van der Waals surface area contributed by atoms with Crippen LogP contribution in [0.5, 0.6) is 0 Å². The molecule has 0 aromatic carbocycles. The van der Waals surface area contributed by atoms with E-state index in [4.69, 9.17) is 4.98 Å². The number of aromatic amines is 1. The van der Waals surface area contributed by atoms with Crippen LogP contribution >= 0.6 is 0 Å². The molecule has 1 fully saturated rings. The van der Waals surface area contributed by atoms with Crippen molar-refractivity contribution in [1.29, 1.82) is 0 Å². The summed E-state index contributed by atoms with van der Waals surface area (Å²) >= 11 is 0. The van der Waals surface area contributed by atoms with Gasteiger partial charge in [-0.2, -0.15) is 0 Å². The summed E-state index contributed by atoms with van der Waals surface area (Å²) in [7, 11) is 0. The Bertz CT molecular complexity index is 1000. The molecule has 134 valence electrons. The van der Waals surface area contributed by atoms with Gasteiger partial charge in [0.05, 0.1) is 5.39 Å². The zero-order valence-electron chi connectivity index (χ0n) is 14.6. The number of aliphatic hydroxyl groups is 1. The second-order valence-corrected chi connectivity index (χ2v) is 6.73. The van der Waals surface area contributed by atoms with Crippen LogP contribution in [-0.2, 0) is 0 Å². The van der Waals surface area contributed by atoms with Crippen LogP contribution in [-0.4, -0.2) is 39.8 Å². The van der Waals surface area contributed by atoms with Gasteiger partial charge in [0, 0.05) is 38.0 Å². The number of pyridine rings is 3. The molecule has 0 aliphatic carbocycles. The van der Waals surface area contributed by atoms with E-state index in [-0.39, 0.29) is 18.1 Å². The molecule has 1 aliphatic rings. The number of nitrogens with zero attached hydrogens (tertiary/aromatic N) is 3. The van der Waals surface area contributed by atoms with Crippen LogP contribution in [0.15, 0.2) is 41.5 Å². The molecule has 1 aliphatic heterocycles. The SMILES string of the molecule is Cc1ccnc(Nc2cc3cc[nH]c(=O)c3c(N3CCC(CO)C3)n2)c1. The van der Waals surface area contributed by atoms with Gasteiger partial charge in [0.15, 0.2) is 0 Å². The molecule has 1 saturated heterocycles. The first-order valence-corrected chi connectivity index (χ1v) is 8.72. The summed E-state index contributed by atoms with van der Waals surface area (Å²) in [5, 5.41) is 14.1. The Morgan fingerprint density at radius 1 is 1.35 bits per heavy atom. The Morgan fingerprint density at radius 3 is 3.00 bits per heavy atom. The summed E-state index contributed by atoms with van der Waals surface area (Å²) in [6.07, 6.45) is 4.28. The molecule has 7 heteroatoms. The maximum Gasteiger partial charge on any atom is 0.259 e. The molecule has 1 unspecified atom stereocenters. The van der Waals surface area contributed by atoms with E-state index in [0.29, 0.717) is 29.4 Å². The Kier molecular flexibility index (Phi) is 4.30.